The van der Waals surface area contributed by atoms with Crippen molar-refractivity contribution in [3.05, 3.63) is 289 Å². The summed E-state index contributed by atoms with van der Waals surface area (Å²) in [4.78, 5) is 23.2. The molecule has 0 fully saturated rings. The van der Waals surface area contributed by atoms with E-state index in [1.165, 1.54) is 60.9 Å². The molecule has 1 atom stereocenters. The van der Waals surface area contributed by atoms with Crippen LogP contribution in [-0.2, 0) is 5.41 Å². The minimum atomic E-state index is -0.859. The molecule has 6 heteroatoms. The van der Waals surface area contributed by atoms with Crippen LogP contribution in [0.2, 0.25) is 0 Å². The molecule has 2 aliphatic carbocycles. The first kappa shape index (κ1) is 43.9. The Bertz CT molecular complexity index is 4770. The lowest BCUT2D eigenvalue weighted by molar-refractivity contribution is 0.765. The van der Waals surface area contributed by atoms with Crippen molar-refractivity contribution in [1.82, 2.24) is 24.5 Å². The molecule has 5 aromatic heterocycles. The van der Waals surface area contributed by atoms with Gasteiger partial charge < -0.3 is 9.47 Å². The van der Waals surface area contributed by atoms with Gasteiger partial charge in [0, 0.05) is 78.5 Å². The summed E-state index contributed by atoms with van der Waals surface area (Å²) in [6, 6.07) is 85.0. The number of hydrogen-bond acceptors (Lipinski definition) is 5. The molecule has 0 saturated carbocycles. The van der Waals surface area contributed by atoms with Gasteiger partial charge in [-0.15, -0.1) is 0 Å². The average Bonchev–Trinajstić information content (AvgIpc) is 3.54. The molecule has 1 unspecified atom stereocenters. The SMILES string of the molecule is C1=CCC2C(=C1)c1ccccc1N2c1ccc2c(c1)C(c1cccc(-c3ccc4ccc5cccnc5c4n3)c1)(c1cccc(-c3ccc4ccc5cccnc5c4n3)c1)c1cc(-n3c4ccccc4c4ccccc43)ccc1-2. The van der Waals surface area contributed by atoms with Crippen LogP contribution in [0.15, 0.2) is 261 Å². The molecule has 14 aromatic rings. The van der Waals surface area contributed by atoms with E-state index in [1.54, 1.807) is 0 Å². The van der Waals surface area contributed by atoms with Gasteiger partial charge in [-0.05, 0) is 124 Å². The predicted octanol–water partition coefficient (Wildman–Crippen LogP) is 17.5. The molecule has 0 N–H and O–H groups in total. The third-order valence-corrected chi connectivity index (χ3v) is 17.2. The van der Waals surface area contributed by atoms with Gasteiger partial charge in [-0.25, -0.2) is 9.97 Å². The Kier molecular flexibility index (Phi) is 9.36. The lowest BCUT2D eigenvalue weighted by Gasteiger charge is -2.36. The number of fused-ring (bicyclic) bond motifs is 15. The third kappa shape index (κ3) is 6.40. The zero-order valence-corrected chi connectivity index (χ0v) is 42.8. The van der Waals surface area contributed by atoms with Gasteiger partial charge in [0.25, 0.3) is 0 Å². The van der Waals surface area contributed by atoms with Crippen LogP contribution in [0.3, 0.4) is 0 Å². The Balaban J connectivity index is 0.964. The smallest absolute Gasteiger partial charge is 0.0972 e. The zero-order valence-electron chi connectivity index (χ0n) is 42.8. The van der Waals surface area contributed by atoms with Crippen molar-refractivity contribution < 1.29 is 0 Å². The second kappa shape index (κ2) is 16.8. The molecule has 0 bridgehead atoms. The van der Waals surface area contributed by atoms with Crippen LogP contribution in [0, 0.1) is 0 Å². The molecule has 1 aliphatic heterocycles. The van der Waals surface area contributed by atoms with E-state index >= 15 is 0 Å². The van der Waals surface area contributed by atoms with Crippen LogP contribution in [0.5, 0.6) is 0 Å². The standard InChI is InChI=1S/C73H46N6/c1-5-23-65-57(19-1)58-20-2-6-24-66(58)78(65)53-33-35-55-56-36-34-54(79-67-25-7-3-21-59(67)60-22-4-8-26-68(60)79)44-62(56)73(61(55)43-53,51-17-9-13-49(41-51)63-37-31-47-29-27-45-15-11-39-74-69(45)71(47)76-63)52-18-10-14-50(42-52)64-38-32-48-30-28-46-16-12-40-75-70(46)72(48)77-64/h1-25,27-44,68H,26H2. The molecular weight excluding hydrogens is 961 g/mol. The maximum absolute atomic E-state index is 5.46. The van der Waals surface area contributed by atoms with Crippen molar-refractivity contribution in [3.63, 3.8) is 0 Å². The van der Waals surface area contributed by atoms with Crippen molar-refractivity contribution >= 4 is 82.4 Å². The Morgan fingerprint density at radius 2 is 0.949 bits per heavy atom. The van der Waals surface area contributed by atoms with Crippen molar-refractivity contribution in [2.45, 2.75) is 17.9 Å². The molecule has 79 heavy (non-hydrogen) atoms. The summed E-state index contributed by atoms with van der Waals surface area (Å²) in [6.45, 7) is 0. The maximum atomic E-state index is 5.46. The van der Waals surface area contributed by atoms with E-state index in [0.29, 0.717) is 0 Å². The Morgan fingerprint density at radius 1 is 0.418 bits per heavy atom. The average molecular weight is 1010 g/mol. The minimum Gasteiger partial charge on any atom is -0.333 e. The molecule has 0 amide bonds. The molecule has 3 aliphatic rings. The second-order valence-electron chi connectivity index (χ2n) is 21.2. The molecule has 0 radical (unpaired) electrons. The largest absolute Gasteiger partial charge is 0.333 e. The fourth-order valence-corrected chi connectivity index (χ4v) is 13.7. The molecule has 6 heterocycles. The molecule has 9 aromatic carbocycles. The van der Waals surface area contributed by atoms with E-state index in [-0.39, 0.29) is 6.04 Å². The second-order valence-corrected chi connectivity index (χ2v) is 21.2. The first-order valence-corrected chi connectivity index (χ1v) is 27.2. The van der Waals surface area contributed by atoms with E-state index in [4.69, 9.17) is 19.9 Å². The number of nitrogens with zero attached hydrogens (tertiary/aromatic N) is 6. The summed E-state index contributed by atoms with van der Waals surface area (Å²) in [5, 5.41) is 6.71. The third-order valence-electron chi connectivity index (χ3n) is 17.2. The molecule has 0 saturated heterocycles. The van der Waals surface area contributed by atoms with Crippen molar-refractivity contribution in [1.29, 1.82) is 0 Å². The highest BCUT2D eigenvalue weighted by atomic mass is 15.2. The predicted molar refractivity (Wildman–Crippen MR) is 324 cm³/mol. The first-order chi connectivity index (χ1) is 39.2. The van der Waals surface area contributed by atoms with E-state index in [2.05, 4.69) is 246 Å². The van der Waals surface area contributed by atoms with Crippen molar-refractivity contribution in [2.75, 3.05) is 4.90 Å². The number of benzene rings is 9. The topological polar surface area (TPSA) is 59.7 Å². The summed E-state index contributed by atoms with van der Waals surface area (Å²) >= 11 is 0. The summed E-state index contributed by atoms with van der Waals surface area (Å²) < 4.78 is 2.46. The van der Waals surface area contributed by atoms with E-state index in [1.807, 2.05) is 24.5 Å². The van der Waals surface area contributed by atoms with Gasteiger partial charge in [-0.3, -0.25) is 9.97 Å². The van der Waals surface area contributed by atoms with Crippen molar-refractivity contribution in [3.8, 4) is 39.3 Å². The molecule has 17 rings (SSSR count). The fourth-order valence-electron chi connectivity index (χ4n) is 13.7. The molecule has 368 valence electrons. The van der Waals surface area contributed by atoms with Crippen LogP contribution in [0.25, 0.3) is 110 Å². The quantitative estimate of drug-likeness (QED) is 0.155. The minimum absolute atomic E-state index is 0.168. The highest BCUT2D eigenvalue weighted by molar-refractivity contribution is 6.10. The summed E-state index contributed by atoms with van der Waals surface area (Å²) in [5.41, 5.74) is 22.2. The Hall–Kier alpha value is -10.3. The number of rotatable bonds is 6. The van der Waals surface area contributed by atoms with Gasteiger partial charge in [0.1, 0.15) is 0 Å². The maximum Gasteiger partial charge on any atom is 0.0972 e. The molecule has 0 spiro atoms. The van der Waals surface area contributed by atoms with Crippen LogP contribution in [0.1, 0.15) is 34.2 Å². The molecular formula is C73H46N6. The van der Waals surface area contributed by atoms with E-state index in [9.17, 15) is 0 Å². The highest BCUT2D eigenvalue weighted by Crippen LogP contribution is 2.59. The summed E-state index contributed by atoms with van der Waals surface area (Å²) in [7, 11) is 0. The number of allylic oxidation sites excluding steroid dienone is 2. The van der Waals surface area contributed by atoms with Gasteiger partial charge in [0.05, 0.1) is 55.9 Å². The van der Waals surface area contributed by atoms with Crippen LogP contribution in [0.4, 0.5) is 11.4 Å². The van der Waals surface area contributed by atoms with Crippen molar-refractivity contribution in [2.24, 2.45) is 0 Å². The Labute approximate surface area is 455 Å². The van der Waals surface area contributed by atoms with Gasteiger partial charge in [-0.2, -0.15) is 0 Å². The summed E-state index contributed by atoms with van der Waals surface area (Å²) in [6.07, 6.45) is 11.5. The van der Waals surface area contributed by atoms with Crippen LogP contribution < -0.4 is 4.90 Å². The van der Waals surface area contributed by atoms with E-state index in [0.717, 1.165) is 95.0 Å². The first-order valence-electron chi connectivity index (χ1n) is 27.2. The number of anilines is 2. The summed E-state index contributed by atoms with van der Waals surface area (Å²) in [5.74, 6) is 0. The van der Waals surface area contributed by atoms with Gasteiger partial charge in [0.15, 0.2) is 0 Å². The molecule has 6 nitrogen and oxygen atoms in total. The number of para-hydroxylation sites is 3. The normalized spacial score (nSPS) is 15.0. The van der Waals surface area contributed by atoms with Crippen LogP contribution >= 0.6 is 0 Å². The monoisotopic (exact) mass is 1010 g/mol. The zero-order chi connectivity index (χ0) is 51.8. The fraction of sp³-hybridized carbons (Fsp3) is 0.0411. The van der Waals surface area contributed by atoms with Gasteiger partial charge in [0.2, 0.25) is 0 Å². The highest BCUT2D eigenvalue weighted by Gasteiger charge is 2.48. The number of hydrogen-bond donors (Lipinski definition) is 0. The van der Waals surface area contributed by atoms with Gasteiger partial charge in [-0.1, -0.05) is 170 Å². The Morgan fingerprint density at radius 3 is 1.57 bits per heavy atom. The lowest BCUT2D eigenvalue weighted by atomic mass is 9.67. The van der Waals surface area contributed by atoms with Crippen LogP contribution in [-0.4, -0.2) is 30.5 Å². The lowest BCUT2D eigenvalue weighted by Crippen LogP contribution is -2.30. The number of pyridine rings is 4. The number of aromatic nitrogens is 5. The van der Waals surface area contributed by atoms with Gasteiger partial charge >= 0.3 is 0 Å². The van der Waals surface area contributed by atoms with E-state index < -0.39 is 5.41 Å².